The van der Waals surface area contributed by atoms with Crippen molar-refractivity contribution < 1.29 is 14.6 Å². The number of carbonyl (C=O) groups is 1. The summed E-state index contributed by atoms with van der Waals surface area (Å²) in [6.45, 7) is 1.36. The van der Waals surface area contributed by atoms with E-state index < -0.39 is 5.97 Å². The van der Waals surface area contributed by atoms with Crippen LogP contribution in [0.3, 0.4) is 0 Å². The zero-order valence-electron chi connectivity index (χ0n) is 9.94. The zero-order valence-corrected chi connectivity index (χ0v) is 10.7. The number of nitrogens with zero attached hydrogens (tertiary/aromatic N) is 1. The van der Waals surface area contributed by atoms with Crippen molar-refractivity contribution in [2.24, 2.45) is 0 Å². The van der Waals surface area contributed by atoms with Gasteiger partial charge in [-0.25, -0.2) is 4.79 Å². The van der Waals surface area contributed by atoms with E-state index in [2.05, 4.69) is 0 Å². The summed E-state index contributed by atoms with van der Waals surface area (Å²) in [5.74, 6) is -1.01. The van der Waals surface area contributed by atoms with Crippen molar-refractivity contribution in [3.05, 3.63) is 28.8 Å². The summed E-state index contributed by atoms with van der Waals surface area (Å²) in [5, 5.41) is 9.39. The van der Waals surface area contributed by atoms with Gasteiger partial charge in [-0.15, -0.1) is 0 Å². The molecule has 0 heterocycles. The van der Waals surface area contributed by atoms with Crippen LogP contribution in [0, 0.1) is 0 Å². The fraction of sp³-hybridized carbons (Fsp3) is 0.417. The summed E-state index contributed by atoms with van der Waals surface area (Å²) in [7, 11) is 3.48. The first-order valence-electron chi connectivity index (χ1n) is 5.29. The molecule has 17 heavy (non-hydrogen) atoms. The van der Waals surface area contributed by atoms with Crippen LogP contribution in [0.25, 0.3) is 0 Å². The summed E-state index contributed by atoms with van der Waals surface area (Å²) in [5.41, 5.74) is 0.773. The van der Waals surface area contributed by atoms with Gasteiger partial charge in [0.15, 0.2) is 0 Å². The molecule has 0 fully saturated rings. The Labute approximate surface area is 106 Å². The molecule has 1 N–H and O–H groups in total. The summed E-state index contributed by atoms with van der Waals surface area (Å²) < 4.78 is 4.96. The maximum absolute atomic E-state index is 11.1. The Morgan fingerprint density at radius 1 is 1.53 bits per heavy atom. The highest BCUT2D eigenvalue weighted by molar-refractivity contribution is 6.34. The predicted octanol–water partition coefficient (Wildman–Crippen LogP) is 2.51. The molecule has 0 aliphatic rings. The van der Waals surface area contributed by atoms with E-state index in [1.165, 1.54) is 0 Å². The molecule has 0 bridgehead atoms. The minimum Gasteiger partial charge on any atom is -0.478 e. The third kappa shape index (κ3) is 3.61. The number of benzene rings is 1. The van der Waals surface area contributed by atoms with Gasteiger partial charge in [-0.3, -0.25) is 0 Å². The minimum atomic E-state index is -1.01. The van der Waals surface area contributed by atoms with Crippen LogP contribution < -0.4 is 4.90 Å². The largest absolute Gasteiger partial charge is 0.478 e. The molecule has 1 aromatic carbocycles. The van der Waals surface area contributed by atoms with Crippen LogP contribution in [-0.2, 0) is 4.74 Å². The summed E-state index contributed by atoms with van der Waals surface area (Å²) in [6, 6.07) is 5.08. The molecule has 0 radical (unpaired) electrons. The lowest BCUT2D eigenvalue weighted by atomic mass is 10.1. The van der Waals surface area contributed by atoms with Crippen molar-refractivity contribution in [3.8, 4) is 0 Å². The van der Waals surface area contributed by atoms with E-state index in [9.17, 15) is 4.79 Å². The summed E-state index contributed by atoms with van der Waals surface area (Å²) >= 11 is 5.90. The number of aromatic carboxylic acids is 1. The molecule has 0 amide bonds. The Kier molecular flexibility index (Phi) is 5.25. The molecular formula is C12H16ClNO3. The van der Waals surface area contributed by atoms with E-state index in [1.54, 1.807) is 25.3 Å². The molecule has 0 unspecified atom stereocenters. The van der Waals surface area contributed by atoms with E-state index >= 15 is 0 Å². The van der Waals surface area contributed by atoms with Crippen LogP contribution >= 0.6 is 11.6 Å². The van der Waals surface area contributed by atoms with Gasteiger partial charge in [0.05, 0.1) is 10.7 Å². The Balaban J connectivity index is 2.89. The second-order valence-corrected chi connectivity index (χ2v) is 4.11. The van der Waals surface area contributed by atoms with E-state index in [0.29, 0.717) is 18.8 Å². The van der Waals surface area contributed by atoms with Crippen LogP contribution in [-0.4, -0.2) is 38.4 Å². The van der Waals surface area contributed by atoms with Crippen molar-refractivity contribution in [3.63, 3.8) is 0 Å². The lowest BCUT2D eigenvalue weighted by molar-refractivity contribution is 0.0698. The van der Waals surface area contributed by atoms with Gasteiger partial charge in [-0.2, -0.15) is 0 Å². The van der Waals surface area contributed by atoms with Crippen LogP contribution in [0.2, 0.25) is 5.02 Å². The molecule has 0 saturated carbocycles. The van der Waals surface area contributed by atoms with Crippen molar-refractivity contribution in [2.45, 2.75) is 6.42 Å². The van der Waals surface area contributed by atoms with Gasteiger partial charge in [0, 0.05) is 27.3 Å². The molecule has 94 valence electrons. The van der Waals surface area contributed by atoms with Crippen LogP contribution in [0.1, 0.15) is 16.8 Å². The smallest absolute Gasteiger partial charge is 0.339 e. The van der Waals surface area contributed by atoms with E-state index in [-0.39, 0.29) is 10.6 Å². The highest BCUT2D eigenvalue weighted by atomic mass is 35.5. The number of carboxylic acids is 1. The Bertz CT molecular complexity index is 395. The van der Waals surface area contributed by atoms with Crippen LogP contribution in [0.5, 0.6) is 0 Å². The second kappa shape index (κ2) is 6.47. The van der Waals surface area contributed by atoms with Crippen molar-refractivity contribution in [2.75, 3.05) is 32.2 Å². The number of methoxy groups -OCH3 is 1. The second-order valence-electron chi connectivity index (χ2n) is 3.71. The maximum Gasteiger partial charge on any atom is 0.339 e. The molecule has 5 heteroatoms. The van der Waals surface area contributed by atoms with E-state index in [0.717, 1.165) is 6.42 Å². The third-order valence-electron chi connectivity index (χ3n) is 2.46. The minimum absolute atomic E-state index is 0.147. The molecule has 0 atom stereocenters. The fourth-order valence-corrected chi connectivity index (χ4v) is 1.86. The average molecular weight is 258 g/mol. The zero-order chi connectivity index (χ0) is 12.8. The number of rotatable bonds is 6. The number of hydrogen-bond acceptors (Lipinski definition) is 3. The van der Waals surface area contributed by atoms with Crippen molar-refractivity contribution in [1.82, 2.24) is 0 Å². The van der Waals surface area contributed by atoms with Gasteiger partial charge in [-0.1, -0.05) is 17.7 Å². The average Bonchev–Trinajstić information content (AvgIpc) is 2.28. The van der Waals surface area contributed by atoms with E-state index in [4.69, 9.17) is 21.4 Å². The normalized spacial score (nSPS) is 10.3. The molecule has 0 spiro atoms. The first-order valence-corrected chi connectivity index (χ1v) is 5.67. The summed E-state index contributed by atoms with van der Waals surface area (Å²) in [4.78, 5) is 13.0. The standard InChI is InChI=1S/C12H16ClNO3/c1-14(7-4-8-17-2)10-6-3-5-9(13)11(10)12(15)16/h3,5-6H,4,7-8H2,1-2H3,(H,15,16). The molecule has 0 saturated heterocycles. The maximum atomic E-state index is 11.1. The molecule has 0 aliphatic carbocycles. The first-order chi connectivity index (χ1) is 8.07. The quantitative estimate of drug-likeness (QED) is 0.796. The Morgan fingerprint density at radius 2 is 2.24 bits per heavy atom. The Morgan fingerprint density at radius 3 is 2.82 bits per heavy atom. The molecule has 0 aliphatic heterocycles. The van der Waals surface area contributed by atoms with Gasteiger partial charge in [0.25, 0.3) is 0 Å². The van der Waals surface area contributed by atoms with E-state index in [1.807, 2.05) is 11.9 Å². The van der Waals surface area contributed by atoms with Crippen molar-refractivity contribution in [1.29, 1.82) is 0 Å². The predicted molar refractivity (Wildman–Crippen MR) is 68.2 cm³/mol. The lowest BCUT2D eigenvalue weighted by Gasteiger charge is -2.21. The van der Waals surface area contributed by atoms with Gasteiger partial charge in [-0.05, 0) is 18.6 Å². The highest BCUT2D eigenvalue weighted by Gasteiger charge is 2.16. The van der Waals surface area contributed by atoms with Crippen molar-refractivity contribution >= 4 is 23.3 Å². The van der Waals surface area contributed by atoms with Gasteiger partial charge < -0.3 is 14.7 Å². The molecule has 1 aromatic rings. The first kappa shape index (κ1) is 13.8. The number of hydrogen-bond donors (Lipinski definition) is 1. The SMILES string of the molecule is COCCCN(C)c1cccc(Cl)c1C(=O)O. The van der Waals surface area contributed by atoms with Gasteiger partial charge in [0.1, 0.15) is 5.56 Å². The molecule has 1 rings (SSSR count). The molecule has 4 nitrogen and oxygen atoms in total. The number of ether oxygens (including phenoxy) is 1. The summed E-state index contributed by atoms with van der Waals surface area (Å²) in [6.07, 6.45) is 0.832. The monoisotopic (exact) mass is 257 g/mol. The lowest BCUT2D eigenvalue weighted by Crippen LogP contribution is -2.22. The topological polar surface area (TPSA) is 49.8 Å². The fourth-order valence-electron chi connectivity index (χ4n) is 1.61. The molecule has 0 aromatic heterocycles. The van der Waals surface area contributed by atoms with Crippen LogP contribution in [0.15, 0.2) is 18.2 Å². The Hall–Kier alpha value is -1.26. The third-order valence-corrected chi connectivity index (χ3v) is 2.77. The van der Waals surface area contributed by atoms with Crippen LogP contribution in [0.4, 0.5) is 5.69 Å². The number of carboxylic acid groups (broad SMARTS) is 1. The number of halogens is 1. The van der Waals surface area contributed by atoms with Gasteiger partial charge >= 0.3 is 5.97 Å². The number of anilines is 1. The molecular weight excluding hydrogens is 242 g/mol. The van der Waals surface area contributed by atoms with Gasteiger partial charge in [0.2, 0.25) is 0 Å². The highest BCUT2D eigenvalue weighted by Crippen LogP contribution is 2.26.